The van der Waals surface area contributed by atoms with E-state index in [9.17, 15) is 14.9 Å². The summed E-state index contributed by atoms with van der Waals surface area (Å²) >= 11 is 0. The summed E-state index contributed by atoms with van der Waals surface area (Å²) in [7, 11) is 0. The van der Waals surface area contributed by atoms with Crippen LogP contribution in [0.25, 0.3) is 6.08 Å². The van der Waals surface area contributed by atoms with E-state index in [1.165, 1.54) is 13.0 Å². The van der Waals surface area contributed by atoms with Crippen molar-refractivity contribution in [1.82, 2.24) is 0 Å². The largest absolute Gasteiger partial charge is 0.479 e. The first-order valence-corrected chi connectivity index (χ1v) is 7.47. The summed E-state index contributed by atoms with van der Waals surface area (Å²) in [6.45, 7) is 1.43. The number of hydrogen-bond donors (Lipinski definition) is 2. The number of amides is 1. The minimum absolute atomic E-state index is 0.0450. The summed E-state index contributed by atoms with van der Waals surface area (Å²) in [4.78, 5) is 22.9. The molecule has 0 saturated heterocycles. The highest BCUT2D eigenvalue weighted by atomic mass is 16.5. The molecule has 6 nitrogen and oxygen atoms in total. The third-order valence-electron chi connectivity index (χ3n) is 3.25. The summed E-state index contributed by atoms with van der Waals surface area (Å²) in [5.74, 6) is -1.18. The molecule has 25 heavy (non-hydrogen) atoms. The molecule has 2 aromatic carbocycles. The number of anilines is 1. The molecule has 2 rings (SSSR count). The molecule has 126 valence electrons. The molecule has 6 heteroatoms. The number of ether oxygens (including phenoxy) is 1. The fourth-order valence-electron chi connectivity index (χ4n) is 1.93. The Hall–Kier alpha value is -3.59. The molecular weight excluding hydrogens is 320 g/mol. The monoisotopic (exact) mass is 336 g/mol. The van der Waals surface area contributed by atoms with Crippen molar-refractivity contribution in [3.8, 4) is 11.8 Å². The Labute approximate surface area is 145 Å². The third kappa shape index (κ3) is 5.22. The zero-order chi connectivity index (χ0) is 18.2. The highest BCUT2D eigenvalue weighted by Crippen LogP contribution is 2.17. The molecule has 0 aliphatic heterocycles. The smallest absolute Gasteiger partial charge is 0.344 e. The quantitative estimate of drug-likeness (QED) is 0.624. The number of para-hydroxylation sites is 1. The van der Waals surface area contributed by atoms with Gasteiger partial charge in [0.1, 0.15) is 17.4 Å². The van der Waals surface area contributed by atoms with Gasteiger partial charge in [-0.15, -0.1) is 0 Å². The highest BCUT2D eigenvalue weighted by Gasteiger charge is 2.12. The van der Waals surface area contributed by atoms with Gasteiger partial charge in [0.15, 0.2) is 6.10 Å². The predicted molar refractivity (Wildman–Crippen MR) is 92.8 cm³/mol. The van der Waals surface area contributed by atoms with E-state index in [0.29, 0.717) is 17.0 Å². The predicted octanol–water partition coefficient (Wildman–Crippen LogP) is 3.08. The van der Waals surface area contributed by atoms with E-state index in [2.05, 4.69) is 5.32 Å². The van der Waals surface area contributed by atoms with Crippen LogP contribution in [0.5, 0.6) is 5.75 Å². The zero-order valence-electron chi connectivity index (χ0n) is 13.5. The first kappa shape index (κ1) is 17.8. The van der Waals surface area contributed by atoms with E-state index < -0.39 is 18.0 Å². The van der Waals surface area contributed by atoms with E-state index in [1.54, 1.807) is 48.5 Å². The van der Waals surface area contributed by atoms with Crippen LogP contribution in [0.1, 0.15) is 12.5 Å². The van der Waals surface area contributed by atoms with Crippen molar-refractivity contribution in [1.29, 1.82) is 5.26 Å². The van der Waals surface area contributed by atoms with Crippen LogP contribution in [-0.4, -0.2) is 23.1 Å². The number of carboxylic acid groups (broad SMARTS) is 1. The van der Waals surface area contributed by atoms with Crippen molar-refractivity contribution in [2.24, 2.45) is 0 Å². The van der Waals surface area contributed by atoms with Gasteiger partial charge in [-0.05, 0) is 42.8 Å². The van der Waals surface area contributed by atoms with Crippen LogP contribution >= 0.6 is 0 Å². The van der Waals surface area contributed by atoms with Crippen LogP contribution in [-0.2, 0) is 9.59 Å². The van der Waals surface area contributed by atoms with E-state index in [4.69, 9.17) is 9.84 Å². The van der Waals surface area contributed by atoms with Crippen LogP contribution in [0.15, 0.2) is 60.2 Å². The molecule has 0 aliphatic carbocycles. The second-order valence-corrected chi connectivity index (χ2v) is 5.16. The maximum Gasteiger partial charge on any atom is 0.344 e. The van der Waals surface area contributed by atoms with Crippen molar-refractivity contribution < 1.29 is 19.4 Å². The van der Waals surface area contributed by atoms with Gasteiger partial charge in [-0.2, -0.15) is 5.26 Å². The first-order valence-electron chi connectivity index (χ1n) is 7.47. The topological polar surface area (TPSA) is 99.4 Å². The average Bonchev–Trinajstić information content (AvgIpc) is 2.61. The molecule has 0 heterocycles. The minimum atomic E-state index is -1.06. The van der Waals surface area contributed by atoms with Gasteiger partial charge >= 0.3 is 5.97 Å². The van der Waals surface area contributed by atoms with Gasteiger partial charge in [-0.3, -0.25) is 4.79 Å². The molecule has 2 aromatic rings. The number of carboxylic acids is 1. The fourth-order valence-corrected chi connectivity index (χ4v) is 1.93. The SMILES string of the molecule is CC(Oc1ccc(/C=C(\C#N)C(=O)Nc2ccccc2)cc1)C(=O)O. The number of nitrogens with one attached hydrogen (secondary N) is 1. The number of rotatable bonds is 6. The maximum absolute atomic E-state index is 12.1. The maximum atomic E-state index is 12.1. The van der Waals surface area contributed by atoms with Crippen molar-refractivity contribution in [3.05, 3.63) is 65.7 Å². The van der Waals surface area contributed by atoms with Crippen molar-refractivity contribution in [2.45, 2.75) is 13.0 Å². The number of benzene rings is 2. The first-order chi connectivity index (χ1) is 12.0. The lowest BCUT2D eigenvalue weighted by Crippen LogP contribution is -2.22. The van der Waals surface area contributed by atoms with E-state index in [1.807, 2.05) is 12.1 Å². The van der Waals surface area contributed by atoms with Crippen molar-refractivity contribution in [3.63, 3.8) is 0 Å². The Morgan fingerprint density at radius 1 is 1.16 bits per heavy atom. The molecule has 0 bridgehead atoms. The Kier molecular flexibility index (Phi) is 5.91. The summed E-state index contributed by atoms with van der Waals surface area (Å²) in [5.41, 5.74) is 1.17. The Morgan fingerprint density at radius 2 is 1.80 bits per heavy atom. The number of aliphatic carboxylic acids is 1. The van der Waals surface area contributed by atoms with Crippen LogP contribution in [0.2, 0.25) is 0 Å². The second kappa shape index (κ2) is 8.31. The average molecular weight is 336 g/mol. The lowest BCUT2D eigenvalue weighted by Gasteiger charge is -2.10. The molecule has 0 radical (unpaired) electrons. The van der Waals surface area contributed by atoms with Gasteiger partial charge in [0.25, 0.3) is 5.91 Å². The summed E-state index contributed by atoms with van der Waals surface area (Å²) in [5, 5.41) is 20.7. The Morgan fingerprint density at radius 3 is 2.36 bits per heavy atom. The number of hydrogen-bond acceptors (Lipinski definition) is 4. The van der Waals surface area contributed by atoms with Crippen LogP contribution < -0.4 is 10.1 Å². The molecule has 0 saturated carbocycles. The third-order valence-corrected chi connectivity index (χ3v) is 3.25. The number of carbonyl (C=O) groups is 2. The molecule has 1 unspecified atom stereocenters. The van der Waals surface area contributed by atoms with E-state index in [0.717, 1.165) is 0 Å². The van der Waals surface area contributed by atoms with Gasteiger partial charge in [0.05, 0.1) is 0 Å². The minimum Gasteiger partial charge on any atom is -0.479 e. The number of nitriles is 1. The molecule has 0 aliphatic rings. The number of carbonyl (C=O) groups excluding carboxylic acids is 1. The van der Waals surface area contributed by atoms with Gasteiger partial charge in [0, 0.05) is 5.69 Å². The highest BCUT2D eigenvalue weighted by molar-refractivity contribution is 6.09. The molecule has 2 N–H and O–H groups in total. The van der Waals surface area contributed by atoms with Gasteiger partial charge in [-0.25, -0.2) is 4.79 Å². The van der Waals surface area contributed by atoms with Crippen molar-refractivity contribution in [2.75, 3.05) is 5.32 Å². The molecule has 1 atom stereocenters. The summed E-state index contributed by atoms with van der Waals surface area (Å²) in [6, 6.07) is 17.1. The normalized spacial score (nSPS) is 11.9. The van der Waals surface area contributed by atoms with Crippen LogP contribution in [0.3, 0.4) is 0 Å². The Bertz CT molecular complexity index is 821. The molecule has 1 amide bonds. The zero-order valence-corrected chi connectivity index (χ0v) is 13.5. The summed E-state index contributed by atoms with van der Waals surface area (Å²) < 4.78 is 5.22. The van der Waals surface area contributed by atoms with Gasteiger partial charge < -0.3 is 15.2 Å². The van der Waals surface area contributed by atoms with E-state index in [-0.39, 0.29) is 5.57 Å². The van der Waals surface area contributed by atoms with Gasteiger partial charge in [-0.1, -0.05) is 30.3 Å². The van der Waals surface area contributed by atoms with Gasteiger partial charge in [0.2, 0.25) is 0 Å². The van der Waals surface area contributed by atoms with Crippen LogP contribution in [0.4, 0.5) is 5.69 Å². The summed E-state index contributed by atoms with van der Waals surface area (Å²) in [6.07, 6.45) is 0.482. The molecule has 0 spiro atoms. The lowest BCUT2D eigenvalue weighted by molar-refractivity contribution is -0.144. The number of nitrogens with zero attached hydrogens (tertiary/aromatic N) is 1. The standard InChI is InChI=1S/C19H16N2O4/c1-13(19(23)24)25-17-9-7-14(8-10-17)11-15(12-20)18(22)21-16-5-3-2-4-6-16/h2-11,13H,1H3,(H,21,22)(H,23,24)/b15-11+. The fraction of sp³-hybridized carbons (Fsp3) is 0.105. The molecule has 0 aromatic heterocycles. The van der Waals surface area contributed by atoms with Crippen LogP contribution in [0, 0.1) is 11.3 Å². The second-order valence-electron chi connectivity index (χ2n) is 5.16. The van der Waals surface area contributed by atoms with Crippen molar-refractivity contribution >= 4 is 23.6 Å². The molecular formula is C19H16N2O4. The lowest BCUT2D eigenvalue weighted by atomic mass is 10.1. The van der Waals surface area contributed by atoms with E-state index >= 15 is 0 Å². The molecule has 0 fully saturated rings. The Balaban J connectivity index is 2.10.